The summed E-state index contributed by atoms with van der Waals surface area (Å²) in [6, 6.07) is 9.17. The van der Waals surface area contributed by atoms with E-state index in [9.17, 15) is 4.79 Å². The van der Waals surface area contributed by atoms with E-state index in [2.05, 4.69) is 20.7 Å². The number of nitrogens with one attached hydrogen (secondary N) is 1. The van der Waals surface area contributed by atoms with Crippen LogP contribution < -0.4 is 14.9 Å². The third-order valence-corrected chi connectivity index (χ3v) is 5.12. The Morgan fingerprint density at radius 1 is 1.23 bits per heavy atom. The molecule has 0 saturated carbocycles. The average molecular weight is 430 g/mol. The van der Waals surface area contributed by atoms with Gasteiger partial charge in [-0.25, -0.2) is 5.43 Å². The molecule has 0 fully saturated rings. The summed E-state index contributed by atoms with van der Waals surface area (Å²) >= 11 is 1.29. The summed E-state index contributed by atoms with van der Waals surface area (Å²) in [5, 5.41) is 13.1. The van der Waals surface area contributed by atoms with Crippen LogP contribution in [0.3, 0.4) is 0 Å². The Morgan fingerprint density at radius 3 is 2.70 bits per heavy atom. The molecule has 0 atom stereocenters. The first-order valence-corrected chi connectivity index (χ1v) is 10.2. The number of aryl methyl sites for hydroxylation is 1. The lowest BCUT2D eigenvalue weighted by molar-refractivity contribution is -0.118. The summed E-state index contributed by atoms with van der Waals surface area (Å²) in [7, 11) is 3.17. The molecule has 30 heavy (non-hydrogen) atoms. The Balaban J connectivity index is 1.65. The Kier molecular flexibility index (Phi) is 7.12. The highest BCUT2D eigenvalue weighted by molar-refractivity contribution is 7.99. The minimum atomic E-state index is -0.252. The summed E-state index contributed by atoms with van der Waals surface area (Å²) in [5.74, 6) is 3.19. The van der Waals surface area contributed by atoms with Crippen molar-refractivity contribution >= 4 is 23.9 Å². The van der Waals surface area contributed by atoms with Crippen LogP contribution in [0.4, 0.5) is 0 Å². The van der Waals surface area contributed by atoms with Crippen LogP contribution in [0.15, 0.2) is 45.0 Å². The summed E-state index contributed by atoms with van der Waals surface area (Å²) in [6.07, 6.45) is 1.46. The van der Waals surface area contributed by atoms with E-state index < -0.39 is 0 Å². The number of amides is 1. The quantitative estimate of drug-likeness (QED) is 0.317. The fraction of sp³-hybridized carbons (Fsp3) is 0.300. The maximum atomic E-state index is 12.1. The third-order valence-electron chi connectivity index (χ3n) is 4.15. The molecule has 3 aromatic rings. The van der Waals surface area contributed by atoms with Crippen LogP contribution in [0.2, 0.25) is 0 Å². The lowest BCUT2D eigenvalue weighted by atomic mass is 10.2. The lowest BCUT2D eigenvalue weighted by Crippen LogP contribution is -2.20. The van der Waals surface area contributed by atoms with Crippen LogP contribution in [0.5, 0.6) is 11.5 Å². The minimum Gasteiger partial charge on any atom is -0.493 e. The molecule has 158 valence electrons. The van der Waals surface area contributed by atoms with Gasteiger partial charge in [-0.05, 0) is 44.2 Å². The zero-order valence-corrected chi connectivity index (χ0v) is 18.0. The normalized spacial score (nSPS) is 11.1. The van der Waals surface area contributed by atoms with Crippen LogP contribution in [0, 0.1) is 6.92 Å². The summed E-state index contributed by atoms with van der Waals surface area (Å²) in [5.41, 5.74) is 3.32. The standard InChI is InChI=1S/C20H23N5O4S/c1-5-25-19(14-7-9-16(27-3)17(10-14)28-4)23-24-20(25)30-12-18(26)22-21-11-15-8-6-13(2)29-15/h6-11H,5,12H2,1-4H3,(H,22,26)/b21-11+. The van der Waals surface area contributed by atoms with Gasteiger partial charge in [0.05, 0.1) is 26.2 Å². The van der Waals surface area contributed by atoms with E-state index in [0.717, 1.165) is 11.3 Å². The number of methoxy groups -OCH3 is 2. The van der Waals surface area contributed by atoms with Crippen LogP contribution in [-0.4, -0.2) is 46.9 Å². The second-order valence-electron chi connectivity index (χ2n) is 6.15. The predicted octanol–water partition coefficient (Wildman–Crippen LogP) is 3.13. The van der Waals surface area contributed by atoms with Gasteiger partial charge in [-0.15, -0.1) is 10.2 Å². The Bertz CT molecular complexity index is 1040. The molecule has 1 N–H and O–H groups in total. The molecule has 1 amide bonds. The van der Waals surface area contributed by atoms with Gasteiger partial charge in [0.2, 0.25) is 0 Å². The molecule has 0 unspecified atom stereocenters. The first-order chi connectivity index (χ1) is 14.5. The van der Waals surface area contributed by atoms with E-state index in [0.29, 0.717) is 34.8 Å². The molecule has 10 heteroatoms. The molecule has 0 saturated heterocycles. The summed E-state index contributed by atoms with van der Waals surface area (Å²) in [4.78, 5) is 12.1. The third kappa shape index (κ3) is 5.01. The van der Waals surface area contributed by atoms with Gasteiger partial charge < -0.3 is 18.5 Å². The molecule has 0 aliphatic carbocycles. The highest BCUT2D eigenvalue weighted by atomic mass is 32.2. The number of hydrazone groups is 1. The molecule has 9 nitrogen and oxygen atoms in total. The van der Waals surface area contributed by atoms with Crippen molar-refractivity contribution < 1.29 is 18.7 Å². The molecule has 0 spiro atoms. The van der Waals surface area contributed by atoms with Crippen LogP contribution >= 0.6 is 11.8 Å². The Hall–Kier alpha value is -3.27. The Morgan fingerprint density at radius 2 is 2.03 bits per heavy atom. The molecule has 0 radical (unpaired) electrons. The lowest BCUT2D eigenvalue weighted by Gasteiger charge is -2.10. The van der Waals surface area contributed by atoms with Crippen molar-refractivity contribution in [2.75, 3.05) is 20.0 Å². The van der Waals surface area contributed by atoms with Gasteiger partial charge in [-0.2, -0.15) is 5.10 Å². The van der Waals surface area contributed by atoms with Gasteiger partial charge in [0.15, 0.2) is 22.5 Å². The number of thioether (sulfide) groups is 1. The molecule has 0 aliphatic heterocycles. The SMILES string of the molecule is CCn1c(SCC(=O)N/N=C/c2ccc(C)o2)nnc1-c1ccc(OC)c(OC)c1. The number of benzene rings is 1. The molecular formula is C20H23N5O4S. The maximum absolute atomic E-state index is 12.1. The van der Waals surface area contributed by atoms with Crippen molar-refractivity contribution in [1.29, 1.82) is 0 Å². The summed E-state index contributed by atoms with van der Waals surface area (Å²) < 4.78 is 17.9. The van der Waals surface area contributed by atoms with Crippen molar-refractivity contribution in [3.8, 4) is 22.9 Å². The highest BCUT2D eigenvalue weighted by Crippen LogP contribution is 2.32. The van der Waals surface area contributed by atoms with E-state index in [-0.39, 0.29) is 11.7 Å². The zero-order chi connectivity index (χ0) is 21.5. The van der Waals surface area contributed by atoms with E-state index in [1.807, 2.05) is 42.7 Å². The fourth-order valence-corrected chi connectivity index (χ4v) is 3.52. The van der Waals surface area contributed by atoms with Crippen molar-refractivity contribution in [3.05, 3.63) is 41.9 Å². The van der Waals surface area contributed by atoms with Gasteiger partial charge in [-0.1, -0.05) is 11.8 Å². The number of hydrogen-bond donors (Lipinski definition) is 1. The van der Waals surface area contributed by atoms with E-state index >= 15 is 0 Å². The number of ether oxygens (including phenoxy) is 2. The number of carbonyl (C=O) groups excluding carboxylic acids is 1. The van der Waals surface area contributed by atoms with Crippen molar-refractivity contribution in [2.24, 2.45) is 5.10 Å². The van der Waals surface area contributed by atoms with Gasteiger partial charge >= 0.3 is 0 Å². The monoisotopic (exact) mass is 429 g/mol. The van der Waals surface area contributed by atoms with Crippen molar-refractivity contribution in [3.63, 3.8) is 0 Å². The number of carbonyl (C=O) groups is 1. The van der Waals surface area contributed by atoms with Gasteiger partial charge in [0.25, 0.3) is 5.91 Å². The largest absolute Gasteiger partial charge is 0.493 e. The predicted molar refractivity (Wildman–Crippen MR) is 114 cm³/mol. The van der Waals surface area contributed by atoms with Gasteiger partial charge in [0.1, 0.15) is 11.5 Å². The molecule has 2 heterocycles. The van der Waals surface area contributed by atoms with Crippen LogP contribution in [0.1, 0.15) is 18.4 Å². The number of rotatable bonds is 9. The van der Waals surface area contributed by atoms with E-state index in [1.165, 1.54) is 18.0 Å². The fourth-order valence-electron chi connectivity index (χ4n) is 2.72. The van der Waals surface area contributed by atoms with E-state index in [1.54, 1.807) is 20.3 Å². The molecule has 3 rings (SSSR count). The number of nitrogens with zero attached hydrogens (tertiary/aromatic N) is 4. The first kappa shape index (κ1) is 21.4. The molecular weight excluding hydrogens is 406 g/mol. The summed E-state index contributed by atoms with van der Waals surface area (Å²) in [6.45, 7) is 4.48. The zero-order valence-electron chi connectivity index (χ0n) is 17.2. The van der Waals surface area contributed by atoms with Gasteiger partial charge in [-0.3, -0.25) is 4.79 Å². The number of furan rings is 1. The highest BCUT2D eigenvalue weighted by Gasteiger charge is 2.16. The molecule has 0 aliphatic rings. The Labute approximate surface area is 178 Å². The molecule has 2 aromatic heterocycles. The average Bonchev–Trinajstić information content (AvgIpc) is 3.37. The number of aromatic nitrogens is 3. The molecule has 1 aromatic carbocycles. The van der Waals surface area contributed by atoms with E-state index in [4.69, 9.17) is 13.9 Å². The van der Waals surface area contributed by atoms with Crippen LogP contribution in [-0.2, 0) is 11.3 Å². The maximum Gasteiger partial charge on any atom is 0.250 e. The molecule has 0 bridgehead atoms. The topological polar surface area (TPSA) is 104 Å². The second-order valence-corrected chi connectivity index (χ2v) is 7.09. The van der Waals surface area contributed by atoms with Crippen molar-refractivity contribution in [1.82, 2.24) is 20.2 Å². The number of hydrogen-bond acceptors (Lipinski definition) is 8. The first-order valence-electron chi connectivity index (χ1n) is 9.22. The van der Waals surface area contributed by atoms with Crippen LogP contribution in [0.25, 0.3) is 11.4 Å². The minimum absolute atomic E-state index is 0.151. The smallest absolute Gasteiger partial charge is 0.250 e. The van der Waals surface area contributed by atoms with Gasteiger partial charge in [0, 0.05) is 12.1 Å². The second kappa shape index (κ2) is 9.97. The van der Waals surface area contributed by atoms with Crippen molar-refractivity contribution in [2.45, 2.75) is 25.5 Å².